The van der Waals surface area contributed by atoms with Gasteiger partial charge in [0.2, 0.25) is 5.91 Å². The summed E-state index contributed by atoms with van der Waals surface area (Å²) in [5, 5.41) is 0. The first-order valence-electron chi connectivity index (χ1n) is 9.46. The molecule has 27 heavy (non-hydrogen) atoms. The van der Waals surface area contributed by atoms with E-state index in [1.165, 1.54) is 0 Å². The second-order valence-electron chi connectivity index (χ2n) is 6.76. The number of amides is 1. The zero-order valence-corrected chi connectivity index (χ0v) is 15.9. The number of halogens is 1. The van der Waals surface area contributed by atoms with Crippen LogP contribution in [0.4, 0.5) is 10.1 Å². The van der Waals surface area contributed by atoms with Crippen molar-refractivity contribution in [2.45, 2.75) is 33.2 Å². The van der Waals surface area contributed by atoms with Crippen LogP contribution < -0.4 is 4.90 Å². The maximum Gasteiger partial charge on any atom is 0.242 e. The highest BCUT2D eigenvalue weighted by Gasteiger charge is 2.27. The number of carbonyl (C=O) groups excluding carboxylic acids is 2. The van der Waals surface area contributed by atoms with Crippen LogP contribution in [0, 0.1) is 5.82 Å². The third-order valence-electron chi connectivity index (χ3n) is 5.12. The second kappa shape index (κ2) is 8.33. The van der Waals surface area contributed by atoms with Crippen LogP contribution in [0.2, 0.25) is 0 Å². The van der Waals surface area contributed by atoms with Crippen LogP contribution in [0.1, 0.15) is 41.8 Å². The number of hydrogen-bond acceptors (Lipinski definition) is 3. The Bertz CT molecular complexity index is 832. The first-order valence-corrected chi connectivity index (χ1v) is 9.46. The zero-order valence-electron chi connectivity index (χ0n) is 15.9. The van der Waals surface area contributed by atoms with Crippen LogP contribution in [0.25, 0.3) is 0 Å². The smallest absolute Gasteiger partial charge is 0.242 e. The first-order chi connectivity index (χ1) is 13.0. The molecule has 0 fully saturated rings. The van der Waals surface area contributed by atoms with Crippen molar-refractivity contribution in [3.05, 3.63) is 65.0 Å². The number of ketones is 1. The van der Waals surface area contributed by atoms with Crippen LogP contribution in [0.3, 0.4) is 0 Å². The Labute approximate surface area is 159 Å². The molecule has 4 nitrogen and oxygen atoms in total. The van der Waals surface area contributed by atoms with Crippen molar-refractivity contribution in [2.24, 2.45) is 0 Å². The Morgan fingerprint density at radius 2 is 1.74 bits per heavy atom. The Kier molecular flexibility index (Phi) is 5.89. The van der Waals surface area contributed by atoms with Crippen LogP contribution in [0.5, 0.6) is 0 Å². The zero-order chi connectivity index (χ0) is 19.4. The van der Waals surface area contributed by atoms with E-state index in [0.29, 0.717) is 49.3 Å². The second-order valence-corrected chi connectivity index (χ2v) is 6.76. The lowest BCUT2D eigenvalue weighted by atomic mass is 10.1. The number of Topliss-reactive ketones (excluding diaryl/α,β-unsaturated/α-hetero) is 1. The quantitative estimate of drug-likeness (QED) is 0.746. The SMILES string of the molecule is CCN(CC)C(=O)CN(Cc1ccccc1)c1ccc2c(c1F)CCC2=O. The lowest BCUT2D eigenvalue weighted by molar-refractivity contribution is -0.129. The van der Waals surface area contributed by atoms with E-state index in [1.54, 1.807) is 21.9 Å². The highest BCUT2D eigenvalue weighted by atomic mass is 19.1. The fraction of sp³-hybridized carbons (Fsp3) is 0.364. The van der Waals surface area contributed by atoms with Crippen molar-refractivity contribution in [3.8, 4) is 0 Å². The molecule has 2 aromatic carbocycles. The van der Waals surface area contributed by atoms with E-state index >= 15 is 4.39 Å². The van der Waals surface area contributed by atoms with E-state index in [1.807, 2.05) is 44.2 Å². The monoisotopic (exact) mass is 368 g/mol. The lowest BCUT2D eigenvalue weighted by Crippen LogP contribution is -2.40. The third kappa shape index (κ3) is 4.02. The Morgan fingerprint density at radius 1 is 1.04 bits per heavy atom. The normalized spacial score (nSPS) is 12.8. The fourth-order valence-electron chi connectivity index (χ4n) is 3.60. The summed E-state index contributed by atoms with van der Waals surface area (Å²) >= 11 is 0. The molecule has 0 aliphatic heterocycles. The number of hydrogen-bond donors (Lipinski definition) is 0. The van der Waals surface area contributed by atoms with Gasteiger partial charge in [0.1, 0.15) is 5.82 Å². The van der Waals surface area contributed by atoms with Gasteiger partial charge in [0, 0.05) is 37.2 Å². The summed E-state index contributed by atoms with van der Waals surface area (Å²) in [7, 11) is 0. The van der Waals surface area contributed by atoms with E-state index in [-0.39, 0.29) is 24.1 Å². The summed E-state index contributed by atoms with van der Waals surface area (Å²) in [6.07, 6.45) is 0.782. The Hall–Kier alpha value is -2.69. The van der Waals surface area contributed by atoms with Crippen LogP contribution >= 0.6 is 0 Å². The summed E-state index contributed by atoms with van der Waals surface area (Å²) in [4.78, 5) is 28.1. The van der Waals surface area contributed by atoms with Crippen molar-refractivity contribution in [1.29, 1.82) is 0 Å². The standard InChI is InChI=1S/C22H25FN2O2/c1-3-24(4-2)21(27)15-25(14-16-8-6-5-7-9-16)19-12-10-17-18(22(19)23)11-13-20(17)26/h5-10,12H,3-4,11,13-15H2,1-2H3. The molecular formula is C22H25FN2O2. The molecule has 1 amide bonds. The summed E-state index contributed by atoms with van der Waals surface area (Å²) in [5.41, 5.74) is 2.34. The summed E-state index contributed by atoms with van der Waals surface area (Å²) in [6, 6.07) is 13.0. The van der Waals surface area contributed by atoms with Crippen molar-refractivity contribution < 1.29 is 14.0 Å². The number of carbonyl (C=O) groups is 2. The van der Waals surface area contributed by atoms with Gasteiger partial charge in [-0.05, 0) is 38.0 Å². The van der Waals surface area contributed by atoms with Crippen molar-refractivity contribution in [3.63, 3.8) is 0 Å². The molecule has 0 atom stereocenters. The molecule has 0 heterocycles. The van der Waals surface area contributed by atoms with E-state index in [9.17, 15) is 9.59 Å². The van der Waals surface area contributed by atoms with Crippen LogP contribution in [-0.2, 0) is 17.8 Å². The predicted molar refractivity (Wildman–Crippen MR) is 104 cm³/mol. The minimum atomic E-state index is -0.373. The average Bonchev–Trinajstić information content (AvgIpc) is 3.05. The van der Waals surface area contributed by atoms with Crippen molar-refractivity contribution in [2.75, 3.05) is 24.5 Å². The highest BCUT2D eigenvalue weighted by Crippen LogP contribution is 2.32. The van der Waals surface area contributed by atoms with Crippen molar-refractivity contribution >= 4 is 17.4 Å². The molecule has 0 spiro atoms. The van der Waals surface area contributed by atoms with Gasteiger partial charge in [0.05, 0.1) is 12.2 Å². The topological polar surface area (TPSA) is 40.6 Å². The molecule has 5 heteroatoms. The Morgan fingerprint density at radius 3 is 2.41 bits per heavy atom. The van der Waals surface area contributed by atoms with Crippen LogP contribution in [-0.4, -0.2) is 36.2 Å². The van der Waals surface area contributed by atoms with Gasteiger partial charge in [-0.15, -0.1) is 0 Å². The molecule has 0 radical (unpaired) electrons. The molecule has 1 aliphatic rings. The number of fused-ring (bicyclic) bond motifs is 1. The van der Waals surface area contributed by atoms with Crippen molar-refractivity contribution in [1.82, 2.24) is 4.90 Å². The number of likely N-dealkylation sites (N-methyl/N-ethyl adjacent to an activating group) is 1. The molecule has 0 saturated heterocycles. The van der Waals surface area contributed by atoms with Gasteiger partial charge in [-0.3, -0.25) is 9.59 Å². The molecule has 2 aromatic rings. The minimum Gasteiger partial charge on any atom is -0.356 e. The molecule has 0 bridgehead atoms. The fourth-order valence-corrected chi connectivity index (χ4v) is 3.60. The molecule has 142 valence electrons. The lowest BCUT2D eigenvalue weighted by Gasteiger charge is -2.28. The molecule has 1 aliphatic carbocycles. The molecule has 0 saturated carbocycles. The van der Waals surface area contributed by atoms with Gasteiger partial charge < -0.3 is 9.80 Å². The maximum absolute atomic E-state index is 15.2. The first kappa shape index (κ1) is 19.1. The third-order valence-corrected chi connectivity index (χ3v) is 5.12. The number of benzene rings is 2. The van der Waals surface area contributed by atoms with E-state index in [0.717, 1.165) is 5.56 Å². The van der Waals surface area contributed by atoms with E-state index in [2.05, 4.69) is 0 Å². The summed E-state index contributed by atoms with van der Waals surface area (Å²) in [5.74, 6) is -0.419. The van der Waals surface area contributed by atoms with Crippen LogP contribution in [0.15, 0.2) is 42.5 Å². The molecular weight excluding hydrogens is 343 g/mol. The van der Waals surface area contributed by atoms with Gasteiger partial charge in [-0.2, -0.15) is 0 Å². The predicted octanol–water partition coefficient (Wildman–Crippen LogP) is 3.83. The minimum absolute atomic E-state index is 0.00993. The average molecular weight is 368 g/mol. The number of nitrogens with zero attached hydrogens (tertiary/aromatic N) is 2. The van der Waals surface area contributed by atoms with Gasteiger partial charge in [0.15, 0.2) is 5.78 Å². The van der Waals surface area contributed by atoms with Gasteiger partial charge >= 0.3 is 0 Å². The highest BCUT2D eigenvalue weighted by molar-refractivity contribution is 6.01. The molecule has 0 unspecified atom stereocenters. The summed E-state index contributed by atoms with van der Waals surface area (Å²) < 4.78 is 15.2. The van der Waals surface area contributed by atoms with Gasteiger partial charge in [-0.25, -0.2) is 4.39 Å². The Balaban J connectivity index is 1.94. The molecule has 0 aromatic heterocycles. The largest absolute Gasteiger partial charge is 0.356 e. The van der Waals surface area contributed by atoms with E-state index < -0.39 is 0 Å². The number of rotatable bonds is 7. The molecule has 0 N–H and O–H groups in total. The number of anilines is 1. The van der Waals surface area contributed by atoms with Gasteiger partial charge in [0.25, 0.3) is 0 Å². The molecule has 3 rings (SSSR count). The van der Waals surface area contributed by atoms with E-state index in [4.69, 9.17) is 0 Å². The maximum atomic E-state index is 15.2. The summed E-state index contributed by atoms with van der Waals surface area (Å²) in [6.45, 7) is 5.64. The van der Waals surface area contributed by atoms with Gasteiger partial charge in [-0.1, -0.05) is 30.3 Å².